The predicted octanol–water partition coefficient (Wildman–Crippen LogP) is 2.27. The third kappa shape index (κ3) is 5.36. The number of nitrogens with zero attached hydrogens (tertiary/aromatic N) is 1. The number of fused-ring (bicyclic) bond motifs is 1. The average molecular weight is 490 g/mol. The quantitative estimate of drug-likeness (QED) is 0.445. The van der Waals surface area contributed by atoms with Crippen LogP contribution in [0.25, 0.3) is 0 Å². The van der Waals surface area contributed by atoms with Gasteiger partial charge in [0.2, 0.25) is 5.91 Å². The number of phenols is 1. The molecule has 3 amide bonds. The molecule has 1 fully saturated rings. The van der Waals surface area contributed by atoms with E-state index in [0.717, 1.165) is 0 Å². The topological polar surface area (TPSA) is 145 Å². The standard InChI is InChI=1S/C23H27N3O7S/c1-5-6-13-11-34-20-16(19(29)26(20)17(13)21(30)31)24-18(28)15(12-7-9-14(27)10-8-12)25-22(32)33-23(2,3)4/h5-10,15-16,20,27H,11H2,1-4H3,(H,24,28)(H,25,32)(H,30,31)/b6-5-/t15?,16-,20-/m1/s1. The number of benzene rings is 1. The number of carboxylic acid groups (broad SMARTS) is 1. The Morgan fingerprint density at radius 2 is 1.88 bits per heavy atom. The predicted molar refractivity (Wildman–Crippen MR) is 125 cm³/mol. The Kier molecular flexibility index (Phi) is 7.25. The van der Waals surface area contributed by atoms with E-state index in [0.29, 0.717) is 16.9 Å². The van der Waals surface area contributed by atoms with Gasteiger partial charge in [-0.3, -0.25) is 14.5 Å². The molecule has 10 nitrogen and oxygen atoms in total. The molecule has 2 aliphatic heterocycles. The van der Waals surface area contributed by atoms with E-state index in [2.05, 4.69) is 10.6 Å². The van der Waals surface area contributed by atoms with Crippen LogP contribution < -0.4 is 10.6 Å². The number of phenolic OH excluding ortho intramolecular Hbond substituents is 1. The number of nitrogens with one attached hydrogen (secondary N) is 2. The maximum Gasteiger partial charge on any atom is 0.408 e. The molecule has 0 aromatic heterocycles. The highest BCUT2D eigenvalue weighted by Gasteiger charge is 2.54. The van der Waals surface area contributed by atoms with E-state index < -0.39 is 46.9 Å². The van der Waals surface area contributed by atoms with Crippen molar-refractivity contribution < 1.29 is 34.1 Å². The van der Waals surface area contributed by atoms with Crippen LogP contribution in [0.15, 0.2) is 47.7 Å². The van der Waals surface area contributed by atoms with Gasteiger partial charge in [-0.2, -0.15) is 0 Å². The number of alkyl carbamates (subject to hydrolysis) is 1. The highest BCUT2D eigenvalue weighted by atomic mass is 32.2. The van der Waals surface area contributed by atoms with Gasteiger partial charge in [0.15, 0.2) is 0 Å². The number of hydrogen-bond acceptors (Lipinski definition) is 7. The zero-order chi connectivity index (χ0) is 25.2. The second kappa shape index (κ2) is 9.80. The average Bonchev–Trinajstić information content (AvgIpc) is 2.74. The largest absolute Gasteiger partial charge is 0.508 e. The Labute approximate surface area is 201 Å². The van der Waals surface area contributed by atoms with E-state index in [4.69, 9.17) is 4.74 Å². The lowest BCUT2D eigenvalue weighted by molar-refractivity contribution is -0.150. The zero-order valence-electron chi connectivity index (χ0n) is 19.2. The number of hydrogen-bond donors (Lipinski definition) is 4. The first-order chi connectivity index (χ1) is 15.9. The van der Waals surface area contributed by atoms with Gasteiger partial charge in [-0.25, -0.2) is 9.59 Å². The minimum absolute atomic E-state index is 0.0199. The summed E-state index contributed by atoms with van der Waals surface area (Å²) in [5.74, 6) is -2.09. The van der Waals surface area contributed by atoms with Crippen LogP contribution in [-0.2, 0) is 19.1 Å². The minimum atomic E-state index is -1.22. The highest BCUT2D eigenvalue weighted by molar-refractivity contribution is 8.00. The molecule has 2 heterocycles. The van der Waals surface area contributed by atoms with Crippen molar-refractivity contribution in [2.75, 3.05) is 5.75 Å². The first kappa shape index (κ1) is 25.2. The molecule has 3 rings (SSSR count). The minimum Gasteiger partial charge on any atom is -0.508 e. The number of ether oxygens (including phenoxy) is 1. The number of thioether (sulfide) groups is 1. The molecule has 1 saturated heterocycles. The molecular formula is C23H27N3O7S. The van der Waals surface area contributed by atoms with Gasteiger partial charge in [0.05, 0.1) is 0 Å². The molecule has 2 aliphatic rings. The monoisotopic (exact) mass is 489 g/mol. The van der Waals surface area contributed by atoms with Crippen LogP contribution in [0.4, 0.5) is 4.79 Å². The van der Waals surface area contributed by atoms with Crippen molar-refractivity contribution in [3.63, 3.8) is 0 Å². The first-order valence-electron chi connectivity index (χ1n) is 10.6. The third-order valence-corrected chi connectivity index (χ3v) is 6.32. The van der Waals surface area contributed by atoms with Crippen molar-refractivity contribution in [1.82, 2.24) is 15.5 Å². The molecule has 0 saturated carbocycles. The molecule has 34 heavy (non-hydrogen) atoms. The van der Waals surface area contributed by atoms with Crippen LogP contribution in [-0.4, -0.2) is 61.8 Å². The van der Waals surface area contributed by atoms with Crippen LogP contribution in [0.2, 0.25) is 0 Å². The lowest BCUT2D eigenvalue weighted by atomic mass is 10.0. The fourth-order valence-corrected chi connectivity index (χ4v) is 4.92. The molecule has 11 heteroatoms. The van der Waals surface area contributed by atoms with Gasteiger partial charge in [0.1, 0.15) is 34.5 Å². The number of carbonyl (C=O) groups is 4. The summed E-state index contributed by atoms with van der Waals surface area (Å²) >= 11 is 1.34. The van der Waals surface area contributed by atoms with Gasteiger partial charge in [-0.05, 0) is 51.0 Å². The van der Waals surface area contributed by atoms with Crippen LogP contribution in [0.1, 0.15) is 39.3 Å². The van der Waals surface area contributed by atoms with Gasteiger partial charge >= 0.3 is 12.1 Å². The number of aliphatic carboxylic acids is 1. The van der Waals surface area contributed by atoms with Gasteiger partial charge in [-0.15, -0.1) is 11.8 Å². The molecule has 1 aromatic carbocycles. The van der Waals surface area contributed by atoms with Crippen molar-refractivity contribution in [3.05, 3.63) is 53.3 Å². The summed E-state index contributed by atoms with van der Waals surface area (Å²) in [6.07, 6.45) is 2.52. The molecule has 0 bridgehead atoms. The van der Waals surface area contributed by atoms with Crippen molar-refractivity contribution >= 4 is 35.6 Å². The molecular weight excluding hydrogens is 462 g/mol. The number of aromatic hydroxyl groups is 1. The second-order valence-corrected chi connectivity index (χ2v) is 9.85. The van der Waals surface area contributed by atoms with Crippen LogP contribution in [0, 0.1) is 0 Å². The van der Waals surface area contributed by atoms with Gasteiger partial charge in [0, 0.05) is 5.75 Å². The van der Waals surface area contributed by atoms with E-state index in [-0.39, 0.29) is 11.4 Å². The summed E-state index contributed by atoms with van der Waals surface area (Å²) < 4.78 is 5.25. The summed E-state index contributed by atoms with van der Waals surface area (Å²) in [4.78, 5) is 51.4. The van der Waals surface area contributed by atoms with Crippen molar-refractivity contribution in [2.45, 2.75) is 50.8 Å². The van der Waals surface area contributed by atoms with Crippen LogP contribution in [0.3, 0.4) is 0 Å². The smallest absolute Gasteiger partial charge is 0.408 e. The van der Waals surface area contributed by atoms with Gasteiger partial charge in [0.25, 0.3) is 5.91 Å². The SMILES string of the molecule is C/C=C\C1=C(C(=O)O)N2C(=O)[C@@H](NC(=O)C(NC(=O)OC(C)(C)C)c3ccc(O)cc3)[C@H]2SC1. The first-order valence-corrected chi connectivity index (χ1v) is 11.6. The zero-order valence-corrected chi connectivity index (χ0v) is 20.0. The molecule has 0 spiro atoms. The fourth-order valence-electron chi connectivity index (χ4n) is 3.60. The van der Waals surface area contributed by atoms with Crippen LogP contribution in [0.5, 0.6) is 5.75 Å². The van der Waals surface area contributed by atoms with Crippen LogP contribution >= 0.6 is 11.8 Å². The van der Waals surface area contributed by atoms with E-state index >= 15 is 0 Å². The number of carboxylic acids is 1. The Bertz CT molecular complexity index is 1060. The summed E-state index contributed by atoms with van der Waals surface area (Å²) in [6, 6.07) is 3.50. The second-order valence-electron chi connectivity index (χ2n) is 8.75. The van der Waals surface area contributed by atoms with E-state index in [9.17, 15) is 29.4 Å². The number of carbonyl (C=O) groups excluding carboxylic acids is 3. The fraction of sp³-hybridized carbons (Fsp3) is 0.391. The maximum absolute atomic E-state index is 13.2. The summed E-state index contributed by atoms with van der Waals surface area (Å²) in [5, 5.41) is 23.8. The summed E-state index contributed by atoms with van der Waals surface area (Å²) in [7, 11) is 0. The number of allylic oxidation sites excluding steroid dienone is 2. The number of β-lactam (4-membered cyclic amide) rings is 1. The lowest BCUT2D eigenvalue weighted by Gasteiger charge is -2.49. The highest BCUT2D eigenvalue weighted by Crippen LogP contribution is 2.40. The van der Waals surface area contributed by atoms with E-state index in [1.54, 1.807) is 39.8 Å². The Morgan fingerprint density at radius 3 is 2.44 bits per heavy atom. The molecule has 4 N–H and O–H groups in total. The van der Waals surface area contributed by atoms with Gasteiger partial charge in [-0.1, -0.05) is 24.3 Å². The molecule has 0 aliphatic carbocycles. The van der Waals surface area contributed by atoms with E-state index in [1.807, 2.05) is 0 Å². The molecule has 0 radical (unpaired) electrons. The molecule has 182 valence electrons. The summed E-state index contributed by atoms with van der Waals surface area (Å²) in [5.41, 5.74) is -0.0159. The Morgan fingerprint density at radius 1 is 1.24 bits per heavy atom. The van der Waals surface area contributed by atoms with E-state index in [1.165, 1.54) is 40.9 Å². The maximum atomic E-state index is 13.2. The Hall–Kier alpha value is -3.47. The van der Waals surface area contributed by atoms with Crippen molar-refractivity contribution in [1.29, 1.82) is 0 Å². The van der Waals surface area contributed by atoms with Crippen molar-refractivity contribution in [3.8, 4) is 5.75 Å². The molecule has 3 atom stereocenters. The lowest BCUT2D eigenvalue weighted by Crippen LogP contribution is -2.71. The van der Waals surface area contributed by atoms with Crippen molar-refractivity contribution in [2.24, 2.45) is 0 Å². The molecule has 1 aromatic rings. The molecule has 1 unspecified atom stereocenters. The van der Waals surface area contributed by atoms with Gasteiger partial charge < -0.3 is 25.6 Å². The Balaban J connectivity index is 1.81. The summed E-state index contributed by atoms with van der Waals surface area (Å²) in [6.45, 7) is 6.80. The normalized spacial score (nSPS) is 20.9. The third-order valence-electron chi connectivity index (χ3n) is 5.02. The number of amides is 3. The number of rotatable bonds is 6.